The molecule has 1 N–H and O–H groups in total. The molecular weight excluding hydrogens is 400 g/mol. The Morgan fingerprint density at radius 3 is 2.36 bits per heavy atom. The summed E-state index contributed by atoms with van der Waals surface area (Å²) in [5.74, 6) is 0. The van der Waals surface area contributed by atoms with E-state index in [0.29, 0.717) is 0 Å². The summed E-state index contributed by atoms with van der Waals surface area (Å²) in [5.41, 5.74) is 3.41. The summed E-state index contributed by atoms with van der Waals surface area (Å²) in [6.45, 7) is 3.93. The SMILES string of the molecule is CCN(CC)S(=O)(=O)c1cc([N+](=O)[O-])ccc1N/N=C/c1ccc(SC)cc1. The Morgan fingerprint density at radius 1 is 1.18 bits per heavy atom. The van der Waals surface area contributed by atoms with Crippen molar-refractivity contribution in [1.29, 1.82) is 0 Å². The average molecular weight is 423 g/mol. The second kappa shape index (κ2) is 9.67. The fourth-order valence-corrected chi connectivity index (χ4v) is 4.53. The summed E-state index contributed by atoms with van der Waals surface area (Å²) in [7, 11) is -3.90. The van der Waals surface area contributed by atoms with E-state index >= 15 is 0 Å². The van der Waals surface area contributed by atoms with E-state index in [2.05, 4.69) is 10.5 Å². The Morgan fingerprint density at radius 2 is 1.82 bits per heavy atom. The maximum Gasteiger partial charge on any atom is 0.270 e. The maximum absolute atomic E-state index is 12.9. The molecule has 0 bridgehead atoms. The van der Waals surface area contributed by atoms with Crippen molar-refractivity contribution in [2.24, 2.45) is 5.10 Å². The highest BCUT2D eigenvalue weighted by molar-refractivity contribution is 7.98. The Kier molecular flexibility index (Phi) is 7.55. The summed E-state index contributed by atoms with van der Waals surface area (Å²) in [6.07, 6.45) is 3.54. The number of hydrogen-bond donors (Lipinski definition) is 1. The first-order valence-electron chi connectivity index (χ1n) is 8.55. The van der Waals surface area contributed by atoms with Crippen LogP contribution >= 0.6 is 11.8 Å². The smallest absolute Gasteiger partial charge is 0.270 e. The van der Waals surface area contributed by atoms with Crippen LogP contribution in [0.4, 0.5) is 11.4 Å². The lowest BCUT2D eigenvalue weighted by Gasteiger charge is -2.20. The van der Waals surface area contributed by atoms with Gasteiger partial charge in [0.15, 0.2) is 0 Å². The van der Waals surface area contributed by atoms with Crippen LogP contribution < -0.4 is 5.43 Å². The number of rotatable bonds is 9. The summed E-state index contributed by atoms with van der Waals surface area (Å²) in [4.78, 5) is 11.4. The molecule has 0 radical (unpaired) electrons. The lowest BCUT2D eigenvalue weighted by atomic mass is 10.2. The number of anilines is 1. The zero-order valence-corrected chi connectivity index (χ0v) is 17.5. The van der Waals surface area contributed by atoms with E-state index in [0.717, 1.165) is 16.5 Å². The van der Waals surface area contributed by atoms with Crippen molar-refractivity contribution in [2.75, 3.05) is 24.8 Å². The molecule has 0 unspecified atom stereocenters. The fraction of sp³-hybridized carbons (Fsp3) is 0.278. The van der Waals surface area contributed by atoms with Gasteiger partial charge in [0, 0.05) is 30.1 Å². The second-order valence-electron chi connectivity index (χ2n) is 5.67. The minimum absolute atomic E-state index is 0.175. The van der Waals surface area contributed by atoms with Crippen LogP contribution in [0.5, 0.6) is 0 Å². The van der Waals surface area contributed by atoms with Gasteiger partial charge >= 0.3 is 0 Å². The minimum atomic E-state index is -3.90. The molecule has 8 nitrogen and oxygen atoms in total. The van der Waals surface area contributed by atoms with E-state index in [4.69, 9.17) is 0 Å². The van der Waals surface area contributed by atoms with Crippen LogP contribution in [0.1, 0.15) is 19.4 Å². The molecule has 2 aromatic rings. The van der Waals surface area contributed by atoms with Crippen LogP contribution in [0.3, 0.4) is 0 Å². The second-order valence-corrected chi connectivity index (χ2v) is 8.46. The number of benzene rings is 2. The standard InChI is InChI=1S/C18H22N4O4S2/c1-4-21(5-2)28(25,26)18-12-15(22(23)24)8-11-17(18)20-19-13-14-6-9-16(27-3)10-7-14/h6-13,20H,4-5H2,1-3H3/b19-13+. The number of hydrogen-bond acceptors (Lipinski definition) is 7. The quantitative estimate of drug-likeness (QED) is 0.285. The molecule has 2 rings (SSSR count). The van der Waals surface area contributed by atoms with Crippen molar-refractivity contribution in [1.82, 2.24) is 4.31 Å². The number of non-ortho nitro benzene ring substituents is 1. The van der Waals surface area contributed by atoms with Crippen LogP contribution in [0, 0.1) is 10.1 Å². The van der Waals surface area contributed by atoms with Crippen molar-refractivity contribution in [3.63, 3.8) is 0 Å². The summed E-state index contributed by atoms with van der Waals surface area (Å²) in [6, 6.07) is 11.3. The molecular formula is C18H22N4O4S2. The van der Waals surface area contributed by atoms with Gasteiger partial charge in [-0.05, 0) is 30.0 Å². The van der Waals surface area contributed by atoms with Crippen LogP contribution in [-0.4, -0.2) is 43.2 Å². The first-order valence-corrected chi connectivity index (χ1v) is 11.2. The van der Waals surface area contributed by atoms with E-state index in [-0.39, 0.29) is 29.4 Å². The Hall–Kier alpha value is -2.43. The van der Waals surface area contributed by atoms with Crippen molar-refractivity contribution in [2.45, 2.75) is 23.6 Å². The van der Waals surface area contributed by atoms with E-state index in [1.165, 1.54) is 16.4 Å². The first kappa shape index (κ1) is 21.9. The van der Waals surface area contributed by atoms with E-state index in [1.807, 2.05) is 30.5 Å². The topological polar surface area (TPSA) is 105 Å². The van der Waals surface area contributed by atoms with Crippen molar-refractivity contribution in [3.8, 4) is 0 Å². The van der Waals surface area contributed by atoms with Crippen LogP contribution in [0.15, 0.2) is 57.4 Å². The molecule has 0 amide bonds. The molecule has 0 spiro atoms. The number of nitro benzene ring substituents is 1. The highest BCUT2D eigenvalue weighted by atomic mass is 32.2. The van der Waals surface area contributed by atoms with Gasteiger partial charge in [-0.2, -0.15) is 9.41 Å². The molecule has 0 aliphatic heterocycles. The molecule has 0 aliphatic rings. The monoisotopic (exact) mass is 422 g/mol. The van der Waals surface area contributed by atoms with Gasteiger partial charge < -0.3 is 0 Å². The molecule has 10 heteroatoms. The lowest BCUT2D eigenvalue weighted by Crippen LogP contribution is -2.31. The number of nitrogens with zero attached hydrogens (tertiary/aromatic N) is 3. The highest BCUT2D eigenvalue weighted by Gasteiger charge is 2.27. The van der Waals surface area contributed by atoms with Gasteiger partial charge in [0.2, 0.25) is 10.0 Å². The summed E-state index contributed by atoms with van der Waals surface area (Å²) >= 11 is 1.63. The van der Waals surface area contributed by atoms with Crippen molar-refractivity contribution < 1.29 is 13.3 Å². The molecule has 0 aromatic heterocycles. The molecule has 2 aromatic carbocycles. The third-order valence-electron chi connectivity index (χ3n) is 4.01. The normalized spacial score (nSPS) is 11.9. The number of sulfonamides is 1. The molecule has 0 saturated heterocycles. The number of thioether (sulfide) groups is 1. The van der Waals surface area contributed by atoms with Gasteiger partial charge in [0.25, 0.3) is 5.69 Å². The van der Waals surface area contributed by atoms with E-state index in [9.17, 15) is 18.5 Å². The van der Waals surface area contributed by atoms with Gasteiger partial charge in [-0.1, -0.05) is 26.0 Å². The third kappa shape index (κ3) is 5.09. The predicted octanol–water partition coefficient (Wildman–Crippen LogP) is 3.79. The molecule has 0 fully saturated rings. The zero-order chi connectivity index (χ0) is 20.7. The van der Waals surface area contributed by atoms with Gasteiger partial charge in [-0.25, -0.2) is 8.42 Å². The molecule has 150 valence electrons. The number of hydrazone groups is 1. The van der Waals surface area contributed by atoms with Gasteiger partial charge in [-0.15, -0.1) is 11.8 Å². The largest absolute Gasteiger partial charge is 0.277 e. The van der Waals surface area contributed by atoms with Crippen molar-refractivity contribution >= 4 is 39.4 Å². The average Bonchev–Trinajstić information content (AvgIpc) is 2.69. The Labute approximate surface area is 168 Å². The van der Waals surface area contributed by atoms with Crippen LogP contribution in [0.2, 0.25) is 0 Å². The van der Waals surface area contributed by atoms with Gasteiger partial charge in [0.1, 0.15) is 4.90 Å². The van der Waals surface area contributed by atoms with Gasteiger partial charge in [-0.3, -0.25) is 15.5 Å². The molecule has 0 aliphatic carbocycles. The first-order chi connectivity index (χ1) is 13.3. The molecule has 28 heavy (non-hydrogen) atoms. The maximum atomic E-state index is 12.9. The van der Waals surface area contributed by atoms with Crippen LogP contribution in [-0.2, 0) is 10.0 Å². The van der Waals surface area contributed by atoms with Crippen LogP contribution in [0.25, 0.3) is 0 Å². The summed E-state index contributed by atoms with van der Waals surface area (Å²) < 4.78 is 27.0. The molecule has 0 saturated carbocycles. The van der Waals surface area contributed by atoms with Gasteiger partial charge in [0.05, 0.1) is 16.8 Å². The number of nitrogens with one attached hydrogen (secondary N) is 1. The molecule has 0 atom stereocenters. The minimum Gasteiger partial charge on any atom is -0.277 e. The Balaban J connectivity index is 2.37. The Bertz CT molecular complexity index is 956. The van der Waals surface area contributed by atoms with E-state index < -0.39 is 14.9 Å². The fourth-order valence-electron chi connectivity index (χ4n) is 2.50. The highest BCUT2D eigenvalue weighted by Crippen LogP contribution is 2.29. The van der Waals surface area contributed by atoms with E-state index in [1.54, 1.807) is 31.8 Å². The molecule has 0 heterocycles. The lowest BCUT2D eigenvalue weighted by molar-refractivity contribution is -0.385. The third-order valence-corrected chi connectivity index (χ3v) is 6.85. The zero-order valence-electron chi connectivity index (χ0n) is 15.8. The predicted molar refractivity (Wildman–Crippen MR) is 113 cm³/mol. The number of nitro groups is 1. The van der Waals surface area contributed by atoms with Crippen molar-refractivity contribution in [3.05, 3.63) is 58.1 Å². The summed E-state index contributed by atoms with van der Waals surface area (Å²) in [5, 5.41) is 15.2.